The van der Waals surface area contributed by atoms with Crippen LogP contribution in [0.15, 0.2) is 30.3 Å². The molecular formula is C26H32FN5O5. The lowest BCUT2D eigenvalue weighted by atomic mass is 9.97. The molecule has 0 spiro atoms. The molecule has 2 atom stereocenters. The van der Waals surface area contributed by atoms with E-state index >= 15 is 0 Å². The second kappa shape index (κ2) is 11.5. The summed E-state index contributed by atoms with van der Waals surface area (Å²) in [4.78, 5) is 54.4. The van der Waals surface area contributed by atoms with Crippen LogP contribution < -0.4 is 5.32 Å². The number of carbonyl (C=O) groups is 4. The number of esters is 1. The van der Waals surface area contributed by atoms with Crippen LogP contribution in [0.25, 0.3) is 0 Å². The standard InChI is InChI=1S/C26H32FN5O5/c1-3-37-26(36)19-6-4-11-31(16-19)24(34)17(2)28-23(33)21-14-22-25(35)30(12-5-13-32(22)29-21)15-18-7-9-20(27)10-8-18/h7-10,14,17,19H,3-6,11-13,15-16H2,1-2H3,(H,28,33)/t17-,19-/m1/s1. The summed E-state index contributed by atoms with van der Waals surface area (Å²) in [6.07, 6.45) is 1.99. The van der Waals surface area contributed by atoms with Gasteiger partial charge in [-0.2, -0.15) is 5.10 Å². The number of benzene rings is 1. The highest BCUT2D eigenvalue weighted by Crippen LogP contribution is 2.20. The monoisotopic (exact) mass is 513 g/mol. The highest BCUT2D eigenvalue weighted by atomic mass is 19.1. The van der Waals surface area contributed by atoms with Crippen molar-refractivity contribution >= 4 is 23.7 Å². The van der Waals surface area contributed by atoms with Crippen molar-refractivity contribution in [2.75, 3.05) is 26.2 Å². The molecule has 0 saturated carbocycles. The number of halogens is 1. The molecule has 3 heterocycles. The second-order valence-corrected chi connectivity index (χ2v) is 9.42. The number of piperidine rings is 1. The Bertz CT molecular complexity index is 1160. The third-order valence-corrected chi connectivity index (χ3v) is 6.67. The Hall–Kier alpha value is -3.76. The molecule has 2 aliphatic rings. The molecule has 10 nitrogen and oxygen atoms in total. The molecule has 2 aromatic rings. The highest BCUT2D eigenvalue weighted by Gasteiger charge is 2.32. The summed E-state index contributed by atoms with van der Waals surface area (Å²) >= 11 is 0. The molecule has 2 aliphatic heterocycles. The van der Waals surface area contributed by atoms with E-state index in [2.05, 4.69) is 10.4 Å². The number of aryl methyl sites for hydroxylation is 1. The topological polar surface area (TPSA) is 114 Å². The van der Waals surface area contributed by atoms with Gasteiger partial charge in [-0.25, -0.2) is 4.39 Å². The minimum absolute atomic E-state index is 0.0506. The van der Waals surface area contributed by atoms with E-state index in [0.717, 1.165) is 5.56 Å². The average Bonchev–Trinajstić information content (AvgIpc) is 3.27. The number of aromatic nitrogens is 2. The predicted molar refractivity (Wildman–Crippen MR) is 131 cm³/mol. The van der Waals surface area contributed by atoms with Gasteiger partial charge in [-0.3, -0.25) is 23.9 Å². The van der Waals surface area contributed by atoms with Crippen LogP contribution >= 0.6 is 0 Å². The first kappa shape index (κ1) is 26.3. The SMILES string of the molecule is CCOC(=O)[C@@H]1CCCN(C(=O)[C@@H](C)NC(=O)c2cc3n(n2)CCCN(Cc2ccc(F)cc2)C3=O)C1. The summed E-state index contributed by atoms with van der Waals surface area (Å²) in [5.74, 6) is -2.13. The zero-order valence-electron chi connectivity index (χ0n) is 21.1. The smallest absolute Gasteiger partial charge is 0.310 e. The van der Waals surface area contributed by atoms with Crippen molar-refractivity contribution in [1.29, 1.82) is 0 Å². The maximum absolute atomic E-state index is 13.2. The van der Waals surface area contributed by atoms with Gasteiger partial charge in [-0.05, 0) is 50.8 Å². The number of likely N-dealkylation sites (tertiary alicyclic amines) is 1. The van der Waals surface area contributed by atoms with Crippen LogP contribution in [0.5, 0.6) is 0 Å². The summed E-state index contributed by atoms with van der Waals surface area (Å²) < 4.78 is 19.8. The second-order valence-electron chi connectivity index (χ2n) is 9.42. The van der Waals surface area contributed by atoms with Gasteiger partial charge in [-0.1, -0.05) is 12.1 Å². The first-order valence-electron chi connectivity index (χ1n) is 12.6. The molecule has 0 bridgehead atoms. The van der Waals surface area contributed by atoms with Crippen LogP contribution in [0.2, 0.25) is 0 Å². The van der Waals surface area contributed by atoms with Gasteiger partial charge in [0, 0.05) is 38.8 Å². The highest BCUT2D eigenvalue weighted by molar-refractivity contribution is 5.99. The molecule has 1 N–H and O–H groups in total. The van der Waals surface area contributed by atoms with Gasteiger partial charge in [0.1, 0.15) is 17.6 Å². The molecule has 11 heteroatoms. The first-order chi connectivity index (χ1) is 17.8. The molecule has 4 rings (SSSR count). The van der Waals surface area contributed by atoms with Crippen molar-refractivity contribution in [2.45, 2.75) is 52.2 Å². The normalized spacial score (nSPS) is 18.6. The van der Waals surface area contributed by atoms with Crippen molar-refractivity contribution in [3.63, 3.8) is 0 Å². The van der Waals surface area contributed by atoms with Crippen molar-refractivity contribution in [3.05, 3.63) is 53.1 Å². The molecule has 0 unspecified atom stereocenters. The van der Waals surface area contributed by atoms with Gasteiger partial charge in [-0.15, -0.1) is 0 Å². The Balaban J connectivity index is 1.39. The van der Waals surface area contributed by atoms with E-state index in [1.807, 2.05) is 0 Å². The maximum Gasteiger partial charge on any atom is 0.310 e. The van der Waals surface area contributed by atoms with Crippen LogP contribution in [-0.4, -0.2) is 75.6 Å². The average molecular weight is 514 g/mol. The minimum Gasteiger partial charge on any atom is -0.466 e. The Kier molecular flexibility index (Phi) is 8.20. The number of nitrogens with one attached hydrogen (secondary N) is 1. The first-order valence-corrected chi connectivity index (χ1v) is 12.6. The third kappa shape index (κ3) is 6.15. The van der Waals surface area contributed by atoms with E-state index in [4.69, 9.17) is 4.74 Å². The predicted octanol–water partition coefficient (Wildman–Crippen LogP) is 1.99. The molecule has 198 valence electrons. The van der Waals surface area contributed by atoms with Crippen molar-refractivity contribution in [3.8, 4) is 0 Å². The van der Waals surface area contributed by atoms with Gasteiger partial charge >= 0.3 is 5.97 Å². The van der Waals surface area contributed by atoms with Crippen LogP contribution in [0.3, 0.4) is 0 Å². The van der Waals surface area contributed by atoms with E-state index in [1.165, 1.54) is 22.9 Å². The zero-order chi connectivity index (χ0) is 26.5. The quantitative estimate of drug-likeness (QED) is 0.567. The lowest BCUT2D eigenvalue weighted by Crippen LogP contribution is -2.51. The summed E-state index contributed by atoms with van der Waals surface area (Å²) in [7, 11) is 0. The molecule has 1 saturated heterocycles. The molecule has 1 fully saturated rings. The molecule has 1 aromatic heterocycles. The van der Waals surface area contributed by atoms with Gasteiger partial charge in [0.2, 0.25) is 5.91 Å². The molecule has 3 amide bonds. The van der Waals surface area contributed by atoms with Crippen molar-refractivity contribution in [2.24, 2.45) is 5.92 Å². The summed E-state index contributed by atoms with van der Waals surface area (Å²) in [5, 5.41) is 6.99. The van der Waals surface area contributed by atoms with Gasteiger partial charge in [0.15, 0.2) is 5.69 Å². The maximum atomic E-state index is 13.2. The number of hydrogen-bond acceptors (Lipinski definition) is 6. The summed E-state index contributed by atoms with van der Waals surface area (Å²) in [6, 6.07) is 6.59. The Morgan fingerprint density at radius 1 is 1.16 bits per heavy atom. The van der Waals surface area contributed by atoms with Crippen LogP contribution in [0.4, 0.5) is 4.39 Å². The zero-order valence-corrected chi connectivity index (χ0v) is 21.1. The van der Waals surface area contributed by atoms with E-state index in [-0.39, 0.29) is 54.1 Å². The summed E-state index contributed by atoms with van der Waals surface area (Å²) in [5.41, 5.74) is 1.14. The Morgan fingerprint density at radius 3 is 2.65 bits per heavy atom. The fourth-order valence-electron chi connectivity index (χ4n) is 4.74. The van der Waals surface area contributed by atoms with Crippen LogP contribution in [0, 0.1) is 11.7 Å². The lowest BCUT2D eigenvalue weighted by Gasteiger charge is -2.33. The van der Waals surface area contributed by atoms with Crippen molar-refractivity contribution < 1.29 is 28.3 Å². The Labute approximate surface area is 214 Å². The van der Waals surface area contributed by atoms with Crippen LogP contribution in [-0.2, 0) is 27.4 Å². The van der Waals surface area contributed by atoms with Gasteiger partial charge in [0.25, 0.3) is 11.8 Å². The minimum atomic E-state index is -0.833. The van der Waals surface area contributed by atoms with Gasteiger partial charge in [0.05, 0.1) is 12.5 Å². The van der Waals surface area contributed by atoms with Crippen LogP contribution in [0.1, 0.15) is 59.7 Å². The van der Waals surface area contributed by atoms with E-state index < -0.39 is 11.9 Å². The number of hydrogen-bond donors (Lipinski definition) is 1. The Morgan fingerprint density at radius 2 is 1.92 bits per heavy atom. The number of carbonyl (C=O) groups excluding carboxylic acids is 4. The number of rotatable bonds is 7. The molecular weight excluding hydrogens is 481 g/mol. The van der Waals surface area contributed by atoms with E-state index in [1.54, 1.807) is 35.8 Å². The molecule has 0 radical (unpaired) electrons. The number of nitrogens with zero attached hydrogens (tertiary/aromatic N) is 4. The number of ether oxygens (including phenoxy) is 1. The lowest BCUT2D eigenvalue weighted by molar-refractivity contribution is -0.151. The molecule has 1 aromatic carbocycles. The number of fused-ring (bicyclic) bond motifs is 1. The number of amides is 3. The van der Waals surface area contributed by atoms with E-state index in [0.29, 0.717) is 45.4 Å². The largest absolute Gasteiger partial charge is 0.466 e. The van der Waals surface area contributed by atoms with Gasteiger partial charge < -0.3 is 19.9 Å². The summed E-state index contributed by atoms with van der Waals surface area (Å²) in [6.45, 7) is 5.68. The fourth-order valence-corrected chi connectivity index (χ4v) is 4.74. The third-order valence-electron chi connectivity index (χ3n) is 6.67. The van der Waals surface area contributed by atoms with Crippen molar-refractivity contribution in [1.82, 2.24) is 24.9 Å². The molecule has 0 aliphatic carbocycles. The fraction of sp³-hybridized carbons (Fsp3) is 0.500. The molecule has 37 heavy (non-hydrogen) atoms. The van der Waals surface area contributed by atoms with E-state index in [9.17, 15) is 23.6 Å².